The van der Waals surface area contributed by atoms with Crippen molar-refractivity contribution in [2.75, 3.05) is 10.6 Å². The van der Waals surface area contributed by atoms with Gasteiger partial charge in [0.25, 0.3) is 11.8 Å². The Kier molecular flexibility index (Phi) is 4.21. The first-order valence-corrected chi connectivity index (χ1v) is 6.39. The summed E-state index contributed by atoms with van der Waals surface area (Å²) in [6, 6.07) is 6.41. The summed E-state index contributed by atoms with van der Waals surface area (Å²) in [5.41, 5.74) is 6.24. The van der Waals surface area contributed by atoms with E-state index in [4.69, 9.17) is 5.73 Å². The third-order valence-corrected chi connectivity index (χ3v) is 2.76. The number of benzene rings is 1. The highest BCUT2D eigenvalue weighted by Gasteiger charge is 2.16. The molecule has 1 aromatic heterocycles. The van der Waals surface area contributed by atoms with E-state index in [9.17, 15) is 14.4 Å². The van der Waals surface area contributed by atoms with Gasteiger partial charge in [-0.05, 0) is 18.2 Å². The Balaban J connectivity index is 2.22. The molecule has 8 heteroatoms. The number of hydrogen-bond acceptors (Lipinski definition) is 4. The molecule has 0 bridgehead atoms. The number of carbonyl (C=O) groups excluding carboxylic acids is 3. The van der Waals surface area contributed by atoms with Gasteiger partial charge in [0.05, 0.1) is 5.69 Å². The van der Waals surface area contributed by atoms with Gasteiger partial charge in [0.15, 0.2) is 5.69 Å². The molecule has 8 nitrogen and oxygen atoms in total. The van der Waals surface area contributed by atoms with Crippen LogP contribution in [0.1, 0.15) is 27.8 Å². The van der Waals surface area contributed by atoms with Gasteiger partial charge >= 0.3 is 0 Å². The molecule has 0 radical (unpaired) electrons. The Labute approximate surface area is 126 Å². The Bertz CT molecular complexity index is 751. The maximum absolute atomic E-state index is 12.2. The minimum absolute atomic E-state index is 0.0196. The fourth-order valence-corrected chi connectivity index (χ4v) is 1.90. The van der Waals surface area contributed by atoms with Crippen molar-refractivity contribution in [3.63, 3.8) is 0 Å². The normalized spacial score (nSPS) is 10.1. The van der Waals surface area contributed by atoms with E-state index in [0.29, 0.717) is 11.3 Å². The third-order valence-electron chi connectivity index (χ3n) is 2.76. The van der Waals surface area contributed by atoms with Crippen LogP contribution in [0.2, 0.25) is 0 Å². The molecule has 4 N–H and O–H groups in total. The molecule has 22 heavy (non-hydrogen) atoms. The number of amides is 3. The lowest BCUT2D eigenvalue weighted by atomic mass is 10.2. The summed E-state index contributed by atoms with van der Waals surface area (Å²) >= 11 is 0. The summed E-state index contributed by atoms with van der Waals surface area (Å²) in [4.78, 5) is 34.5. The molecule has 0 aliphatic rings. The minimum atomic E-state index is -0.733. The highest BCUT2D eigenvalue weighted by atomic mass is 16.2. The van der Waals surface area contributed by atoms with E-state index in [-0.39, 0.29) is 17.3 Å². The Hall–Kier alpha value is -3.16. The molecular formula is C14H15N5O3. The summed E-state index contributed by atoms with van der Waals surface area (Å²) in [5, 5.41) is 9.05. The van der Waals surface area contributed by atoms with Crippen LogP contribution < -0.4 is 16.4 Å². The second-order valence-electron chi connectivity index (χ2n) is 4.65. The number of nitrogens with two attached hydrogens (primary N) is 1. The van der Waals surface area contributed by atoms with Crippen LogP contribution in [0.5, 0.6) is 0 Å². The first kappa shape index (κ1) is 15.2. The number of aryl methyl sites for hydroxylation is 1. The lowest BCUT2D eigenvalue weighted by molar-refractivity contribution is -0.114. The maximum Gasteiger partial charge on any atom is 0.271 e. The van der Waals surface area contributed by atoms with Crippen molar-refractivity contribution in [3.8, 4) is 0 Å². The summed E-state index contributed by atoms with van der Waals surface area (Å²) < 4.78 is 1.38. The van der Waals surface area contributed by atoms with E-state index >= 15 is 0 Å². The number of carbonyl (C=O) groups is 3. The summed E-state index contributed by atoms with van der Waals surface area (Å²) in [7, 11) is 1.61. The largest absolute Gasteiger partial charge is 0.364 e. The zero-order chi connectivity index (χ0) is 16.3. The predicted molar refractivity (Wildman–Crippen MR) is 80.4 cm³/mol. The molecule has 0 saturated heterocycles. The number of primary amides is 1. The van der Waals surface area contributed by atoms with E-state index < -0.39 is 11.8 Å². The molecule has 3 amide bonds. The number of nitrogens with one attached hydrogen (secondary N) is 2. The van der Waals surface area contributed by atoms with E-state index in [1.165, 1.54) is 23.9 Å². The fraction of sp³-hybridized carbons (Fsp3) is 0.143. The Morgan fingerprint density at radius 1 is 1.23 bits per heavy atom. The molecule has 1 heterocycles. The first-order valence-electron chi connectivity index (χ1n) is 6.39. The van der Waals surface area contributed by atoms with Crippen molar-refractivity contribution in [1.29, 1.82) is 0 Å². The van der Waals surface area contributed by atoms with Crippen LogP contribution >= 0.6 is 0 Å². The second kappa shape index (κ2) is 6.08. The Morgan fingerprint density at radius 2 is 1.95 bits per heavy atom. The van der Waals surface area contributed by atoms with Gasteiger partial charge in [-0.2, -0.15) is 5.10 Å². The van der Waals surface area contributed by atoms with Crippen molar-refractivity contribution in [2.45, 2.75) is 6.92 Å². The van der Waals surface area contributed by atoms with Crippen LogP contribution in [0.25, 0.3) is 0 Å². The number of aromatic nitrogens is 2. The van der Waals surface area contributed by atoms with Gasteiger partial charge in [0.2, 0.25) is 5.91 Å². The van der Waals surface area contributed by atoms with Gasteiger partial charge in [-0.3, -0.25) is 19.1 Å². The molecule has 0 saturated carbocycles. The van der Waals surface area contributed by atoms with Crippen molar-refractivity contribution < 1.29 is 14.4 Å². The van der Waals surface area contributed by atoms with Gasteiger partial charge in [0.1, 0.15) is 0 Å². The predicted octanol–water partition coefficient (Wildman–Crippen LogP) is 0.730. The molecule has 114 valence electrons. The quantitative estimate of drug-likeness (QED) is 0.771. The van der Waals surface area contributed by atoms with Crippen molar-refractivity contribution >= 4 is 29.1 Å². The van der Waals surface area contributed by atoms with Crippen LogP contribution in [0.15, 0.2) is 30.5 Å². The molecule has 0 aliphatic carbocycles. The zero-order valence-electron chi connectivity index (χ0n) is 12.1. The molecule has 0 unspecified atom stereocenters. The van der Waals surface area contributed by atoms with E-state index in [0.717, 1.165) is 0 Å². The molecular weight excluding hydrogens is 286 g/mol. The number of nitrogens with zero attached hydrogens (tertiary/aromatic N) is 2. The van der Waals surface area contributed by atoms with Crippen LogP contribution in [0.4, 0.5) is 11.4 Å². The van der Waals surface area contributed by atoms with E-state index in [2.05, 4.69) is 15.7 Å². The van der Waals surface area contributed by atoms with Gasteiger partial charge in [-0.1, -0.05) is 6.07 Å². The van der Waals surface area contributed by atoms with Crippen LogP contribution in [-0.4, -0.2) is 27.5 Å². The summed E-state index contributed by atoms with van der Waals surface area (Å²) in [6.07, 6.45) is 1.48. The highest BCUT2D eigenvalue weighted by molar-refractivity contribution is 6.08. The average Bonchev–Trinajstić information content (AvgIpc) is 2.79. The van der Waals surface area contributed by atoms with Crippen molar-refractivity contribution in [2.24, 2.45) is 12.8 Å². The number of anilines is 2. The van der Waals surface area contributed by atoms with Crippen LogP contribution in [-0.2, 0) is 11.8 Å². The third kappa shape index (κ3) is 3.48. The molecule has 0 spiro atoms. The Morgan fingerprint density at radius 3 is 2.59 bits per heavy atom. The molecule has 1 aromatic carbocycles. The van der Waals surface area contributed by atoms with Crippen molar-refractivity contribution in [3.05, 3.63) is 41.7 Å². The molecule has 0 atom stereocenters. The standard InChI is InChI=1S/C14H15N5O3/c1-8(20)16-10-5-3-4-9(6-10)14(22)17-11-7-19(2)18-12(11)13(15)21/h3-7H,1-2H3,(H2,15,21)(H,16,20)(H,17,22). The maximum atomic E-state index is 12.2. The molecule has 2 rings (SSSR count). The zero-order valence-corrected chi connectivity index (χ0v) is 12.1. The molecule has 0 fully saturated rings. The van der Waals surface area contributed by atoms with E-state index in [1.807, 2.05) is 0 Å². The fourth-order valence-electron chi connectivity index (χ4n) is 1.90. The van der Waals surface area contributed by atoms with Crippen LogP contribution in [0.3, 0.4) is 0 Å². The lowest BCUT2D eigenvalue weighted by Crippen LogP contribution is -2.18. The number of hydrogen-bond donors (Lipinski definition) is 3. The van der Waals surface area contributed by atoms with Gasteiger partial charge < -0.3 is 16.4 Å². The lowest BCUT2D eigenvalue weighted by Gasteiger charge is -2.06. The SMILES string of the molecule is CC(=O)Nc1cccc(C(=O)Nc2cn(C)nc2C(N)=O)c1. The smallest absolute Gasteiger partial charge is 0.271 e. The first-order chi connectivity index (χ1) is 10.4. The highest BCUT2D eigenvalue weighted by Crippen LogP contribution is 2.16. The average molecular weight is 301 g/mol. The molecule has 0 aliphatic heterocycles. The van der Waals surface area contributed by atoms with Crippen LogP contribution in [0, 0.1) is 0 Å². The topological polar surface area (TPSA) is 119 Å². The van der Waals surface area contributed by atoms with Crippen molar-refractivity contribution in [1.82, 2.24) is 9.78 Å². The van der Waals surface area contributed by atoms with Gasteiger partial charge in [0, 0.05) is 31.4 Å². The van der Waals surface area contributed by atoms with E-state index in [1.54, 1.807) is 25.2 Å². The summed E-state index contributed by atoms with van der Waals surface area (Å²) in [6.45, 7) is 1.38. The minimum Gasteiger partial charge on any atom is -0.364 e. The monoisotopic (exact) mass is 301 g/mol. The summed E-state index contributed by atoms with van der Waals surface area (Å²) in [5.74, 6) is -1.41. The van der Waals surface area contributed by atoms with Gasteiger partial charge in [-0.15, -0.1) is 0 Å². The second-order valence-corrected chi connectivity index (χ2v) is 4.65. The molecule has 2 aromatic rings. The number of rotatable bonds is 4. The van der Waals surface area contributed by atoms with Gasteiger partial charge in [-0.25, -0.2) is 0 Å².